The summed E-state index contributed by atoms with van der Waals surface area (Å²) in [6, 6.07) is 11.9. The molecule has 0 saturated carbocycles. The van der Waals surface area contributed by atoms with Crippen molar-refractivity contribution >= 4 is 33.4 Å². The molecule has 0 spiro atoms. The Hall–Kier alpha value is -4.06. The van der Waals surface area contributed by atoms with Crippen LogP contribution in [-0.4, -0.2) is 61.0 Å². The molecule has 4 heterocycles. The number of fused-ring (bicyclic) bond motifs is 7. The first-order chi connectivity index (χ1) is 17.0. The largest absolute Gasteiger partial charge is 0.493 e. The molecule has 0 unspecified atom stereocenters. The summed E-state index contributed by atoms with van der Waals surface area (Å²) in [6.45, 7) is 1.10. The fourth-order valence-corrected chi connectivity index (χ4v) is 4.61. The molecule has 4 N–H and O–H groups in total. The second-order valence-electron chi connectivity index (χ2n) is 8.14. The lowest BCUT2D eigenvalue weighted by Crippen LogP contribution is -2.45. The Kier molecular flexibility index (Phi) is 6.27. The normalized spacial score (nSPS) is 20.2. The minimum absolute atomic E-state index is 0.215. The number of ether oxygens (including phenoxy) is 3. The van der Waals surface area contributed by atoms with Gasteiger partial charge in [0.05, 0.1) is 19.7 Å². The first-order valence-electron chi connectivity index (χ1n) is 11.0. The number of hydrogen-bond acceptors (Lipinski definition) is 10. The lowest BCUT2D eigenvalue weighted by molar-refractivity contribution is -0.123. The van der Waals surface area contributed by atoms with E-state index in [4.69, 9.17) is 19.9 Å². The van der Waals surface area contributed by atoms with Crippen LogP contribution in [0.5, 0.6) is 17.2 Å². The fourth-order valence-electron chi connectivity index (χ4n) is 3.98. The van der Waals surface area contributed by atoms with Crippen molar-refractivity contribution in [2.24, 2.45) is 0 Å². The number of nitrogens with two attached hydrogens (primary N) is 1. The van der Waals surface area contributed by atoms with E-state index in [1.807, 2.05) is 29.2 Å². The van der Waals surface area contributed by atoms with Crippen LogP contribution in [-0.2, 0) is 11.3 Å². The van der Waals surface area contributed by atoms with Crippen LogP contribution < -0.4 is 35.5 Å². The number of benzene rings is 2. The molecule has 182 valence electrons. The molecule has 3 aromatic rings. The van der Waals surface area contributed by atoms with E-state index in [1.165, 1.54) is 18.4 Å². The number of aromatic nitrogens is 2. The molecular formula is C23H24N6O5S. The standard InChI is InChI=1S/C23H24N6O5S/c1-32-17-7-4-14-8-18(17)33-12-20(30)25-9-13-2-5-15(6-3-13)34-19-11-29(10-16(19)26-21(14)31)23-28-27-22(24)35-23/h2-8,16,19H,9-12H2,1H3,(H2,24,27)(H,25,30)(H,26,31)/t16-,19-/m0/s1. The van der Waals surface area contributed by atoms with Gasteiger partial charge in [0, 0.05) is 18.7 Å². The van der Waals surface area contributed by atoms with Gasteiger partial charge >= 0.3 is 0 Å². The van der Waals surface area contributed by atoms with Crippen molar-refractivity contribution in [2.45, 2.75) is 18.7 Å². The molecule has 3 aliphatic rings. The highest BCUT2D eigenvalue weighted by molar-refractivity contribution is 7.18. The minimum atomic E-state index is -0.348. The third-order valence-corrected chi connectivity index (χ3v) is 6.58. The van der Waals surface area contributed by atoms with Crippen LogP contribution in [0.2, 0.25) is 0 Å². The number of hydrogen-bond donors (Lipinski definition) is 3. The van der Waals surface area contributed by atoms with Crippen molar-refractivity contribution < 1.29 is 23.8 Å². The van der Waals surface area contributed by atoms with Gasteiger partial charge in [-0.3, -0.25) is 9.59 Å². The summed E-state index contributed by atoms with van der Waals surface area (Å²) in [4.78, 5) is 27.5. The van der Waals surface area contributed by atoms with Gasteiger partial charge in [0.25, 0.3) is 11.8 Å². The second-order valence-corrected chi connectivity index (χ2v) is 9.13. The van der Waals surface area contributed by atoms with Gasteiger partial charge in [-0.25, -0.2) is 0 Å². The summed E-state index contributed by atoms with van der Waals surface area (Å²) in [5.41, 5.74) is 7.05. The molecule has 35 heavy (non-hydrogen) atoms. The van der Waals surface area contributed by atoms with E-state index >= 15 is 0 Å². The van der Waals surface area contributed by atoms with Gasteiger partial charge in [-0.15, -0.1) is 10.2 Å². The molecular weight excluding hydrogens is 472 g/mol. The van der Waals surface area contributed by atoms with Crippen molar-refractivity contribution in [2.75, 3.05) is 37.4 Å². The van der Waals surface area contributed by atoms with Gasteiger partial charge in [0.15, 0.2) is 18.1 Å². The number of nitrogens with one attached hydrogen (secondary N) is 2. The Balaban J connectivity index is 1.46. The molecule has 1 aromatic heterocycles. The average molecular weight is 497 g/mol. The summed E-state index contributed by atoms with van der Waals surface area (Å²) < 4.78 is 17.3. The van der Waals surface area contributed by atoms with Crippen LogP contribution >= 0.6 is 11.3 Å². The lowest BCUT2D eigenvalue weighted by Gasteiger charge is -2.21. The van der Waals surface area contributed by atoms with Gasteiger partial charge in [-0.1, -0.05) is 23.5 Å². The maximum atomic E-state index is 13.2. The van der Waals surface area contributed by atoms with Crippen molar-refractivity contribution in [3.05, 3.63) is 53.6 Å². The Labute approximate surface area is 205 Å². The molecule has 3 aliphatic heterocycles. The molecule has 1 fully saturated rings. The van der Waals surface area contributed by atoms with E-state index in [0.29, 0.717) is 52.7 Å². The highest BCUT2D eigenvalue weighted by atomic mass is 32.1. The summed E-state index contributed by atoms with van der Waals surface area (Å²) in [5.74, 6) is 0.776. The van der Waals surface area contributed by atoms with Crippen molar-refractivity contribution in [3.8, 4) is 17.2 Å². The number of amides is 2. The smallest absolute Gasteiger partial charge is 0.258 e. The molecule has 2 aromatic carbocycles. The van der Waals surface area contributed by atoms with Crippen LogP contribution in [0.1, 0.15) is 15.9 Å². The SMILES string of the molecule is COc1ccc2cc1OCC(=O)NCc1ccc(cc1)O[C@H]1CN(c3nnc(N)s3)C[C@@H]1NC2=O. The van der Waals surface area contributed by atoms with E-state index in [1.54, 1.807) is 18.2 Å². The maximum Gasteiger partial charge on any atom is 0.258 e. The molecule has 4 bridgehead atoms. The zero-order chi connectivity index (χ0) is 24.4. The number of methoxy groups -OCH3 is 1. The molecule has 2 atom stereocenters. The van der Waals surface area contributed by atoms with Crippen molar-refractivity contribution in [3.63, 3.8) is 0 Å². The highest BCUT2D eigenvalue weighted by Gasteiger charge is 2.37. The first-order valence-corrected chi connectivity index (χ1v) is 11.8. The second kappa shape index (κ2) is 9.66. The number of rotatable bonds is 2. The fraction of sp³-hybridized carbons (Fsp3) is 0.304. The molecule has 1 saturated heterocycles. The highest BCUT2D eigenvalue weighted by Crippen LogP contribution is 2.30. The van der Waals surface area contributed by atoms with Crippen LogP contribution in [0.25, 0.3) is 0 Å². The van der Waals surface area contributed by atoms with Gasteiger partial charge < -0.3 is 35.5 Å². The van der Waals surface area contributed by atoms with Crippen LogP contribution in [0, 0.1) is 0 Å². The molecule has 12 heteroatoms. The van der Waals surface area contributed by atoms with E-state index < -0.39 is 0 Å². The molecule has 0 aliphatic carbocycles. The summed E-state index contributed by atoms with van der Waals surface area (Å²) in [7, 11) is 1.50. The number of nitrogens with zero attached hydrogens (tertiary/aromatic N) is 3. The van der Waals surface area contributed by atoms with Crippen molar-refractivity contribution in [1.82, 2.24) is 20.8 Å². The predicted octanol–water partition coefficient (Wildman–Crippen LogP) is 1.20. The maximum absolute atomic E-state index is 13.2. The Morgan fingerprint density at radius 1 is 1.14 bits per heavy atom. The number of carbonyl (C=O) groups excluding carboxylic acids is 2. The number of nitrogen functional groups attached to an aromatic ring is 1. The summed E-state index contributed by atoms with van der Waals surface area (Å²) in [5, 5.41) is 15.0. The van der Waals surface area contributed by atoms with Crippen LogP contribution in [0.15, 0.2) is 42.5 Å². The molecule has 0 radical (unpaired) electrons. The van der Waals surface area contributed by atoms with E-state index in [9.17, 15) is 9.59 Å². The summed E-state index contributed by atoms with van der Waals surface area (Å²) >= 11 is 1.28. The Bertz CT molecular complexity index is 1230. The zero-order valence-corrected chi connectivity index (χ0v) is 19.7. The van der Waals surface area contributed by atoms with Crippen LogP contribution in [0.4, 0.5) is 10.3 Å². The summed E-state index contributed by atoms with van der Waals surface area (Å²) in [6.07, 6.45) is -0.348. The Morgan fingerprint density at radius 3 is 2.71 bits per heavy atom. The molecule has 2 amide bonds. The topological polar surface area (TPSA) is 141 Å². The van der Waals surface area contributed by atoms with E-state index in [2.05, 4.69) is 20.8 Å². The quantitative estimate of drug-likeness (QED) is 0.477. The Morgan fingerprint density at radius 2 is 1.97 bits per heavy atom. The zero-order valence-electron chi connectivity index (χ0n) is 18.9. The minimum Gasteiger partial charge on any atom is -0.493 e. The van der Waals surface area contributed by atoms with Crippen LogP contribution in [0.3, 0.4) is 0 Å². The van der Waals surface area contributed by atoms with Gasteiger partial charge in [-0.2, -0.15) is 0 Å². The molecule has 11 nitrogen and oxygen atoms in total. The third-order valence-electron chi connectivity index (χ3n) is 5.77. The first kappa shape index (κ1) is 22.7. The lowest BCUT2D eigenvalue weighted by atomic mass is 10.1. The van der Waals surface area contributed by atoms with Gasteiger partial charge in [-0.05, 0) is 35.9 Å². The van der Waals surface area contributed by atoms with Gasteiger partial charge in [0.2, 0.25) is 10.3 Å². The number of anilines is 2. The average Bonchev–Trinajstić information content (AvgIpc) is 3.47. The monoisotopic (exact) mass is 496 g/mol. The third kappa shape index (κ3) is 5.06. The van der Waals surface area contributed by atoms with E-state index in [0.717, 1.165) is 5.56 Å². The molecule has 6 rings (SSSR count). The predicted molar refractivity (Wildman–Crippen MR) is 129 cm³/mol. The van der Waals surface area contributed by atoms with Crippen molar-refractivity contribution in [1.29, 1.82) is 0 Å². The van der Waals surface area contributed by atoms with Gasteiger partial charge in [0.1, 0.15) is 11.9 Å². The number of carbonyl (C=O) groups is 2. The van der Waals surface area contributed by atoms with E-state index in [-0.39, 0.29) is 30.6 Å².